The molecule has 18 heavy (non-hydrogen) atoms. The van der Waals surface area contributed by atoms with E-state index in [0.717, 1.165) is 11.3 Å². The number of halogens is 1. The van der Waals surface area contributed by atoms with Gasteiger partial charge in [0.25, 0.3) is 5.88 Å². The van der Waals surface area contributed by atoms with Crippen LogP contribution in [0.3, 0.4) is 0 Å². The summed E-state index contributed by atoms with van der Waals surface area (Å²) in [7, 11) is 0. The van der Waals surface area contributed by atoms with Gasteiger partial charge >= 0.3 is 0 Å². The van der Waals surface area contributed by atoms with E-state index < -0.39 is 0 Å². The minimum Gasteiger partial charge on any atom is -0.436 e. The van der Waals surface area contributed by atoms with Crippen molar-refractivity contribution in [3.05, 3.63) is 53.0 Å². The van der Waals surface area contributed by atoms with Gasteiger partial charge in [0.15, 0.2) is 0 Å². The van der Waals surface area contributed by atoms with Crippen LogP contribution in [0.4, 0.5) is 0 Å². The van der Waals surface area contributed by atoms with Gasteiger partial charge in [0.05, 0.1) is 0 Å². The highest BCUT2D eigenvalue weighted by Gasteiger charge is 2.09. The van der Waals surface area contributed by atoms with Gasteiger partial charge in [-0.05, 0) is 34.5 Å². The summed E-state index contributed by atoms with van der Waals surface area (Å²) >= 11 is 3.36. The van der Waals surface area contributed by atoms with Gasteiger partial charge in [-0.2, -0.15) is 0 Å². The number of imidazole rings is 1. The molecule has 5 heteroatoms. The number of rotatable bonds is 2. The van der Waals surface area contributed by atoms with Crippen LogP contribution in [0.15, 0.2) is 47.5 Å². The molecule has 3 rings (SSSR count). The average Bonchev–Trinajstić information content (AvgIpc) is 2.80. The van der Waals surface area contributed by atoms with Gasteiger partial charge in [-0.1, -0.05) is 18.2 Å². The van der Waals surface area contributed by atoms with Crippen LogP contribution >= 0.6 is 15.9 Å². The molecule has 0 unspecified atom stereocenters. The second-order valence-electron chi connectivity index (χ2n) is 3.89. The van der Waals surface area contributed by atoms with E-state index in [4.69, 9.17) is 4.74 Å². The van der Waals surface area contributed by atoms with Crippen LogP contribution in [0.25, 0.3) is 5.65 Å². The van der Waals surface area contributed by atoms with E-state index in [1.807, 2.05) is 48.0 Å². The molecule has 0 atom stereocenters. The van der Waals surface area contributed by atoms with Crippen LogP contribution in [-0.4, -0.2) is 14.4 Å². The third kappa shape index (κ3) is 1.97. The lowest BCUT2D eigenvalue weighted by atomic mass is 10.2. The first-order valence-corrected chi connectivity index (χ1v) is 6.26. The van der Waals surface area contributed by atoms with Crippen molar-refractivity contribution in [1.29, 1.82) is 0 Å². The number of hydrogen-bond acceptors (Lipinski definition) is 3. The lowest BCUT2D eigenvalue weighted by Crippen LogP contribution is -1.95. The molecule has 0 amide bonds. The molecule has 0 spiro atoms. The van der Waals surface area contributed by atoms with E-state index in [1.54, 1.807) is 6.20 Å². The van der Waals surface area contributed by atoms with Gasteiger partial charge in [0.1, 0.15) is 10.4 Å². The highest BCUT2D eigenvalue weighted by Crippen LogP contribution is 2.27. The number of ether oxygens (including phenoxy) is 1. The Morgan fingerprint density at radius 1 is 1.28 bits per heavy atom. The molecule has 0 aliphatic carbocycles. The molecule has 0 fully saturated rings. The molecule has 1 aromatic carbocycles. The zero-order chi connectivity index (χ0) is 12.5. The fourth-order valence-electron chi connectivity index (χ4n) is 1.72. The van der Waals surface area contributed by atoms with Crippen LogP contribution in [0.2, 0.25) is 0 Å². The van der Waals surface area contributed by atoms with E-state index >= 15 is 0 Å². The highest BCUT2D eigenvalue weighted by atomic mass is 79.9. The SMILES string of the molecule is Cc1ccccc1Oc1nc(Br)cn2ccnc12. The second kappa shape index (κ2) is 4.42. The van der Waals surface area contributed by atoms with Crippen molar-refractivity contribution >= 4 is 21.6 Å². The van der Waals surface area contributed by atoms with Gasteiger partial charge < -0.3 is 4.74 Å². The van der Waals surface area contributed by atoms with Gasteiger partial charge in [-0.25, -0.2) is 9.97 Å². The fourth-order valence-corrected chi connectivity index (χ4v) is 2.10. The molecule has 4 nitrogen and oxygen atoms in total. The lowest BCUT2D eigenvalue weighted by Gasteiger charge is -2.08. The first-order valence-electron chi connectivity index (χ1n) is 5.47. The molecule has 0 aliphatic rings. The maximum Gasteiger partial charge on any atom is 0.264 e. The summed E-state index contributed by atoms with van der Waals surface area (Å²) < 4.78 is 8.41. The minimum absolute atomic E-state index is 0.490. The van der Waals surface area contributed by atoms with Gasteiger partial charge in [0.2, 0.25) is 5.65 Å². The molecule has 0 aliphatic heterocycles. The molecule has 2 heterocycles. The third-order valence-electron chi connectivity index (χ3n) is 2.61. The maximum absolute atomic E-state index is 5.84. The Bertz CT molecular complexity index is 708. The Morgan fingerprint density at radius 3 is 2.94 bits per heavy atom. The Morgan fingerprint density at radius 2 is 2.11 bits per heavy atom. The zero-order valence-corrected chi connectivity index (χ0v) is 11.3. The number of aromatic nitrogens is 3. The van der Waals surface area contributed by atoms with Crippen molar-refractivity contribution < 1.29 is 4.74 Å². The summed E-state index contributed by atoms with van der Waals surface area (Å²) in [6.45, 7) is 2.00. The number of aryl methyl sites for hydroxylation is 1. The largest absolute Gasteiger partial charge is 0.436 e. The standard InChI is InChI=1S/C13H10BrN3O/c1-9-4-2-3-5-10(9)18-13-12-15-6-7-17(12)8-11(14)16-13/h2-8H,1H3. The lowest BCUT2D eigenvalue weighted by molar-refractivity contribution is 0.460. The van der Waals surface area contributed by atoms with E-state index in [9.17, 15) is 0 Å². The Balaban J connectivity index is 2.10. The fraction of sp³-hybridized carbons (Fsp3) is 0.0769. The summed E-state index contributed by atoms with van der Waals surface area (Å²) in [6.07, 6.45) is 5.41. The quantitative estimate of drug-likeness (QED) is 0.726. The van der Waals surface area contributed by atoms with Crippen LogP contribution in [0.1, 0.15) is 5.56 Å². The molecular formula is C13H10BrN3O. The van der Waals surface area contributed by atoms with Crippen LogP contribution in [0, 0.1) is 6.92 Å². The molecule has 0 saturated carbocycles. The van der Waals surface area contributed by atoms with E-state index in [-0.39, 0.29) is 0 Å². The Labute approximate surface area is 112 Å². The number of benzene rings is 1. The zero-order valence-electron chi connectivity index (χ0n) is 9.67. The smallest absolute Gasteiger partial charge is 0.264 e. The van der Waals surface area contributed by atoms with Crippen molar-refractivity contribution in [2.24, 2.45) is 0 Å². The number of hydrogen-bond donors (Lipinski definition) is 0. The Hall–Kier alpha value is -1.88. The number of fused-ring (bicyclic) bond motifs is 1. The molecular weight excluding hydrogens is 294 g/mol. The normalized spacial score (nSPS) is 10.8. The molecule has 2 aromatic heterocycles. The van der Waals surface area contributed by atoms with Crippen molar-refractivity contribution in [3.63, 3.8) is 0 Å². The molecule has 0 N–H and O–H groups in total. The van der Waals surface area contributed by atoms with E-state index in [2.05, 4.69) is 25.9 Å². The molecule has 0 bridgehead atoms. The van der Waals surface area contributed by atoms with Crippen molar-refractivity contribution in [1.82, 2.24) is 14.4 Å². The van der Waals surface area contributed by atoms with E-state index in [1.165, 1.54) is 0 Å². The van der Waals surface area contributed by atoms with Crippen LogP contribution in [-0.2, 0) is 0 Å². The number of para-hydroxylation sites is 1. The predicted octanol–water partition coefficient (Wildman–Crippen LogP) is 3.59. The second-order valence-corrected chi connectivity index (χ2v) is 4.71. The topological polar surface area (TPSA) is 39.4 Å². The average molecular weight is 304 g/mol. The highest BCUT2D eigenvalue weighted by molar-refractivity contribution is 9.10. The van der Waals surface area contributed by atoms with Gasteiger partial charge in [0, 0.05) is 18.6 Å². The molecule has 90 valence electrons. The molecule has 0 saturated heterocycles. The van der Waals surface area contributed by atoms with Crippen molar-refractivity contribution in [2.75, 3.05) is 0 Å². The first kappa shape index (κ1) is 11.2. The van der Waals surface area contributed by atoms with Crippen molar-refractivity contribution in [2.45, 2.75) is 6.92 Å². The van der Waals surface area contributed by atoms with Gasteiger partial charge in [-0.3, -0.25) is 4.40 Å². The molecule has 3 aromatic rings. The first-order chi connectivity index (χ1) is 8.74. The maximum atomic E-state index is 5.84. The summed E-state index contributed by atoms with van der Waals surface area (Å²) in [5.74, 6) is 1.27. The van der Waals surface area contributed by atoms with Crippen LogP contribution in [0.5, 0.6) is 11.6 Å². The predicted molar refractivity (Wildman–Crippen MR) is 71.9 cm³/mol. The number of nitrogens with zero attached hydrogens (tertiary/aromatic N) is 3. The van der Waals surface area contributed by atoms with E-state index in [0.29, 0.717) is 16.1 Å². The third-order valence-corrected chi connectivity index (χ3v) is 3.00. The summed E-state index contributed by atoms with van der Waals surface area (Å²) in [4.78, 5) is 8.56. The summed E-state index contributed by atoms with van der Waals surface area (Å²) in [5.41, 5.74) is 1.76. The van der Waals surface area contributed by atoms with Crippen LogP contribution < -0.4 is 4.74 Å². The van der Waals surface area contributed by atoms with Gasteiger partial charge in [-0.15, -0.1) is 0 Å². The van der Waals surface area contributed by atoms with Crippen molar-refractivity contribution in [3.8, 4) is 11.6 Å². The monoisotopic (exact) mass is 303 g/mol. The summed E-state index contributed by atoms with van der Waals surface area (Å²) in [5, 5.41) is 0. The molecule has 0 radical (unpaired) electrons. The minimum atomic E-state index is 0.490. The summed E-state index contributed by atoms with van der Waals surface area (Å²) in [6, 6.07) is 7.82. The Kier molecular flexibility index (Phi) is 2.76.